The van der Waals surface area contributed by atoms with Gasteiger partial charge in [-0.1, -0.05) is 41.5 Å². The molecule has 2 heteroatoms. The van der Waals surface area contributed by atoms with Crippen molar-refractivity contribution in [2.75, 3.05) is 0 Å². The van der Waals surface area contributed by atoms with Gasteiger partial charge in [0.25, 0.3) is 0 Å². The van der Waals surface area contributed by atoms with E-state index in [2.05, 4.69) is 54.2 Å². The van der Waals surface area contributed by atoms with Gasteiger partial charge in [0.1, 0.15) is 0 Å². The van der Waals surface area contributed by atoms with E-state index in [-0.39, 0.29) is 16.7 Å². The standard InChI is InChI=1S/C14H26OS/c1-13(2,3)10-7-9(16)8-11(12(10)15)14(4,5)6/h9-10,15-16H,7-8H2,1-6H3. The molecule has 94 valence electrons. The molecule has 0 saturated heterocycles. The molecule has 1 N–H and O–H groups in total. The SMILES string of the molecule is CC(C)(C)C1=C(O)C(C(C)(C)C)CC(S)C1. The molecule has 2 unspecified atom stereocenters. The molecule has 16 heavy (non-hydrogen) atoms. The van der Waals surface area contributed by atoms with Gasteiger partial charge in [-0.2, -0.15) is 12.6 Å². The van der Waals surface area contributed by atoms with Crippen molar-refractivity contribution in [3.63, 3.8) is 0 Å². The van der Waals surface area contributed by atoms with Gasteiger partial charge in [0, 0.05) is 11.2 Å². The maximum Gasteiger partial charge on any atom is 0.0956 e. The van der Waals surface area contributed by atoms with Gasteiger partial charge < -0.3 is 5.11 Å². The van der Waals surface area contributed by atoms with Gasteiger partial charge in [0.2, 0.25) is 0 Å². The molecular weight excluding hydrogens is 216 g/mol. The fourth-order valence-electron chi connectivity index (χ4n) is 2.47. The summed E-state index contributed by atoms with van der Waals surface area (Å²) in [6.07, 6.45) is 1.91. The Hall–Kier alpha value is -0.110. The lowest BCUT2D eigenvalue weighted by Crippen LogP contribution is -2.33. The van der Waals surface area contributed by atoms with Crippen LogP contribution in [0.5, 0.6) is 0 Å². The van der Waals surface area contributed by atoms with Crippen LogP contribution in [0.15, 0.2) is 11.3 Å². The van der Waals surface area contributed by atoms with E-state index in [1.165, 1.54) is 5.57 Å². The van der Waals surface area contributed by atoms with Crippen molar-refractivity contribution in [1.29, 1.82) is 0 Å². The molecule has 0 aliphatic heterocycles. The fraction of sp³-hybridized carbons (Fsp3) is 0.857. The number of rotatable bonds is 0. The summed E-state index contributed by atoms with van der Waals surface area (Å²) < 4.78 is 0. The Kier molecular flexibility index (Phi) is 3.74. The highest BCUT2D eigenvalue weighted by Gasteiger charge is 2.38. The molecule has 1 nitrogen and oxygen atoms in total. The second kappa shape index (κ2) is 4.29. The van der Waals surface area contributed by atoms with Crippen molar-refractivity contribution in [1.82, 2.24) is 0 Å². The molecule has 2 atom stereocenters. The van der Waals surface area contributed by atoms with Crippen molar-refractivity contribution < 1.29 is 5.11 Å². The minimum absolute atomic E-state index is 0.0506. The molecule has 1 rings (SSSR count). The topological polar surface area (TPSA) is 20.2 Å². The molecule has 1 aliphatic carbocycles. The molecule has 0 heterocycles. The zero-order valence-electron chi connectivity index (χ0n) is 11.5. The van der Waals surface area contributed by atoms with Crippen LogP contribution in [-0.4, -0.2) is 10.4 Å². The Morgan fingerprint density at radius 2 is 1.62 bits per heavy atom. The van der Waals surface area contributed by atoms with Crippen LogP contribution in [0.25, 0.3) is 0 Å². The monoisotopic (exact) mass is 242 g/mol. The third kappa shape index (κ3) is 2.97. The van der Waals surface area contributed by atoms with Crippen LogP contribution in [0.4, 0.5) is 0 Å². The van der Waals surface area contributed by atoms with Crippen molar-refractivity contribution in [3.8, 4) is 0 Å². The Morgan fingerprint density at radius 1 is 1.12 bits per heavy atom. The van der Waals surface area contributed by atoms with Crippen molar-refractivity contribution in [3.05, 3.63) is 11.3 Å². The van der Waals surface area contributed by atoms with E-state index in [1.807, 2.05) is 0 Å². The van der Waals surface area contributed by atoms with Crippen LogP contribution in [0.2, 0.25) is 0 Å². The van der Waals surface area contributed by atoms with Gasteiger partial charge in [-0.25, -0.2) is 0 Å². The highest BCUT2D eigenvalue weighted by Crippen LogP contribution is 2.46. The van der Waals surface area contributed by atoms with Crippen LogP contribution >= 0.6 is 12.6 Å². The van der Waals surface area contributed by atoms with Crippen LogP contribution in [0.1, 0.15) is 54.4 Å². The Labute approximate surface area is 106 Å². The van der Waals surface area contributed by atoms with Gasteiger partial charge in [0.15, 0.2) is 0 Å². The second-order valence-corrected chi connectivity index (χ2v) is 7.86. The van der Waals surface area contributed by atoms with Crippen molar-refractivity contribution in [2.24, 2.45) is 16.7 Å². The third-order valence-electron chi connectivity index (χ3n) is 3.54. The van der Waals surface area contributed by atoms with Gasteiger partial charge in [0.05, 0.1) is 5.76 Å². The van der Waals surface area contributed by atoms with Crippen LogP contribution in [0, 0.1) is 16.7 Å². The summed E-state index contributed by atoms with van der Waals surface area (Å²) in [4.78, 5) is 0. The van der Waals surface area contributed by atoms with E-state index in [1.54, 1.807) is 0 Å². The van der Waals surface area contributed by atoms with Gasteiger partial charge in [-0.15, -0.1) is 0 Å². The molecule has 0 aromatic heterocycles. The normalized spacial score (nSPS) is 28.4. The number of allylic oxidation sites excluding steroid dienone is 2. The molecule has 0 fully saturated rings. The molecule has 1 aliphatic rings. The summed E-state index contributed by atoms with van der Waals surface area (Å²) in [6.45, 7) is 13.1. The number of hydrogen-bond acceptors (Lipinski definition) is 2. The van der Waals surface area contributed by atoms with Crippen LogP contribution in [0.3, 0.4) is 0 Å². The van der Waals surface area contributed by atoms with Gasteiger partial charge >= 0.3 is 0 Å². The molecule has 0 bridgehead atoms. The van der Waals surface area contributed by atoms with E-state index in [4.69, 9.17) is 0 Å². The number of aliphatic hydroxyl groups is 1. The Bertz CT molecular complexity index is 291. The van der Waals surface area contributed by atoms with Crippen molar-refractivity contribution in [2.45, 2.75) is 59.6 Å². The maximum atomic E-state index is 10.5. The van der Waals surface area contributed by atoms with E-state index < -0.39 is 0 Å². The summed E-state index contributed by atoms with van der Waals surface area (Å²) >= 11 is 4.64. The Balaban J connectivity index is 3.15. The highest BCUT2D eigenvalue weighted by atomic mass is 32.1. The number of thiol groups is 1. The first-order valence-corrected chi connectivity index (χ1v) is 6.65. The molecule has 0 saturated carbocycles. The predicted molar refractivity (Wildman–Crippen MR) is 74.1 cm³/mol. The quantitative estimate of drug-likeness (QED) is 0.595. The lowest BCUT2D eigenvalue weighted by Gasteiger charge is -2.40. The summed E-state index contributed by atoms with van der Waals surface area (Å²) in [5, 5.41) is 10.8. The number of aliphatic hydroxyl groups excluding tert-OH is 1. The first kappa shape index (κ1) is 14.0. The molecular formula is C14H26OS. The second-order valence-electron chi connectivity index (χ2n) is 7.13. The predicted octanol–water partition coefficient (Wildman–Crippen LogP) is 4.60. The van der Waals surface area contributed by atoms with Crippen LogP contribution in [-0.2, 0) is 0 Å². The largest absolute Gasteiger partial charge is 0.512 e. The zero-order valence-corrected chi connectivity index (χ0v) is 12.4. The average molecular weight is 242 g/mol. The van der Waals surface area contributed by atoms with Gasteiger partial charge in [-0.05, 0) is 29.2 Å². The third-order valence-corrected chi connectivity index (χ3v) is 3.93. The van der Waals surface area contributed by atoms with E-state index in [9.17, 15) is 5.11 Å². The fourth-order valence-corrected chi connectivity index (χ4v) is 2.87. The summed E-state index contributed by atoms with van der Waals surface area (Å²) in [7, 11) is 0. The lowest BCUT2D eigenvalue weighted by atomic mass is 9.68. The molecule has 0 radical (unpaired) electrons. The van der Waals surface area contributed by atoms with E-state index in [0.717, 1.165) is 12.8 Å². The lowest BCUT2D eigenvalue weighted by molar-refractivity contribution is 0.166. The van der Waals surface area contributed by atoms with Crippen molar-refractivity contribution >= 4 is 12.6 Å². The average Bonchev–Trinajstić information content (AvgIpc) is 2.04. The highest BCUT2D eigenvalue weighted by molar-refractivity contribution is 7.80. The minimum Gasteiger partial charge on any atom is -0.512 e. The van der Waals surface area contributed by atoms with E-state index in [0.29, 0.717) is 11.0 Å². The minimum atomic E-state index is 0.0506. The first-order chi connectivity index (χ1) is 7.03. The molecule has 0 spiro atoms. The molecule has 0 amide bonds. The van der Waals surface area contributed by atoms with Crippen LogP contribution < -0.4 is 0 Å². The molecule has 0 aromatic carbocycles. The smallest absolute Gasteiger partial charge is 0.0956 e. The summed E-state index contributed by atoms with van der Waals surface area (Å²) in [5.74, 6) is 0.878. The molecule has 0 aromatic rings. The number of hydrogen-bond donors (Lipinski definition) is 2. The van der Waals surface area contributed by atoms with Gasteiger partial charge in [-0.3, -0.25) is 0 Å². The zero-order chi connectivity index (χ0) is 12.7. The maximum absolute atomic E-state index is 10.5. The first-order valence-electron chi connectivity index (χ1n) is 6.14. The summed E-state index contributed by atoms with van der Waals surface area (Å²) in [5.41, 5.74) is 1.36. The Morgan fingerprint density at radius 3 is 2.00 bits per heavy atom. The summed E-state index contributed by atoms with van der Waals surface area (Å²) in [6, 6.07) is 0. The van der Waals surface area contributed by atoms with E-state index >= 15 is 0 Å².